The molecule has 1 aromatic heterocycles. The largest absolute Gasteiger partial charge is 0.388 e. The van der Waals surface area contributed by atoms with E-state index < -0.39 is 5.60 Å². The van der Waals surface area contributed by atoms with Gasteiger partial charge in [0.1, 0.15) is 18.0 Å². The summed E-state index contributed by atoms with van der Waals surface area (Å²) in [5.74, 6) is 2.55. The Bertz CT molecular complexity index is 487. The molecular weight excluding hydrogens is 276 g/mol. The normalized spacial score (nSPS) is 25.0. The smallest absolute Gasteiger partial charge is 0.134 e. The second kappa shape index (κ2) is 6.82. The van der Waals surface area contributed by atoms with Crippen LogP contribution in [0, 0.1) is 5.92 Å². The summed E-state index contributed by atoms with van der Waals surface area (Å²) in [6.45, 7) is 5.02. The molecule has 122 valence electrons. The Morgan fingerprint density at radius 2 is 2.09 bits per heavy atom. The molecule has 1 unspecified atom stereocenters. The molecule has 1 aliphatic heterocycles. The van der Waals surface area contributed by atoms with Gasteiger partial charge < -0.3 is 15.3 Å². The molecule has 2 heterocycles. The number of hydrogen-bond donors (Lipinski definition) is 2. The molecule has 0 amide bonds. The molecule has 2 fully saturated rings. The fourth-order valence-corrected chi connectivity index (χ4v) is 3.66. The third-order valence-corrected chi connectivity index (χ3v) is 5.02. The van der Waals surface area contributed by atoms with Gasteiger partial charge in [-0.05, 0) is 31.6 Å². The second-order valence-corrected chi connectivity index (χ2v) is 7.09. The van der Waals surface area contributed by atoms with Crippen LogP contribution in [0.5, 0.6) is 0 Å². The van der Waals surface area contributed by atoms with Crippen LogP contribution in [0.2, 0.25) is 0 Å². The lowest BCUT2D eigenvalue weighted by atomic mass is 9.85. The molecule has 22 heavy (non-hydrogen) atoms. The zero-order valence-electron chi connectivity index (χ0n) is 13.6. The maximum atomic E-state index is 10.6. The third-order valence-electron chi connectivity index (χ3n) is 5.02. The van der Waals surface area contributed by atoms with Gasteiger partial charge in [0.05, 0.1) is 5.60 Å². The highest BCUT2D eigenvalue weighted by molar-refractivity contribution is 5.48. The van der Waals surface area contributed by atoms with Crippen molar-refractivity contribution in [2.24, 2.45) is 5.92 Å². The molecule has 0 spiro atoms. The zero-order chi connectivity index (χ0) is 15.4. The lowest BCUT2D eigenvalue weighted by Gasteiger charge is -2.33. The van der Waals surface area contributed by atoms with E-state index in [1.807, 2.05) is 6.07 Å². The predicted molar refractivity (Wildman–Crippen MR) is 89.2 cm³/mol. The molecular formula is C17H28N4O. The van der Waals surface area contributed by atoms with Gasteiger partial charge in [0.15, 0.2) is 0 Å². The summed E-state index contributed by atoms with van der Waals surface area (Å²) < 4.78 is 0. The maximum Gasteiger partial charge on any atom is 0.134 e. The molecule has 1 atom stereocenters. The van der Waals surface area contributed by atoms with Gasteiger partial charge in [0, 0.05) is 25.7 Å². The quantitative estimate of drug-likeness (QED) is 0.895. The van der Waals surface area contributed by atoms with Crippen LogP contribution in [0.4, 0.5) is 11.6 Å². The first kappa shape index (κ1) is 15.5. The van der Waals surface area contributed by atoms with Crippen molar-refractivity contribution >= 4 is 11.6 Å². The van der Waals surface area contributed by atoms with E-state index in [2.05, 4.69) is 27.1 Å². The fraction of sp³-hybridized carbons (Fsp3) is 0.765. The van der Waals surface area contributed by atoms with Crippen molar-refractivity contribution in [1.29, 1.82) is 0 Å². The number of hydrogen-bond acceptors (Lipinski definition) is 5. The minimum Gasteiger partial charge on any atom is -0.388 e. The van der Waals surface area contributed by atoms with Crippen molar-refractivity contribution < 1.29 is 5.11 Å². The summed E-state index contributed by atoms with van der Waals surface area (Å²) in [4.78, 5) is 11.1. The average Bonchev–Trinajstić information content (AvgIpc) is 2.54. The van der Waals surface area contributed by atoms with Crippen molar-refractivity contribution in [3.05, 3.63) is 12.4 Å². The summed E-state index contributed by atoms with van der Waals surface area (Å²) in [5.41, 5.74) is -0.566. The van der Waals surface area contributed by atoms with Crippen LogP contribution >= 0.6 is 0 Å². The number of piperidine rings is 1. The highest BCUT2D eigenvalue weighted by Gasteiger charge is 2.29. The maximum absolute atomic E-state index is 10.6. The third kappa shape index (κ3) is 3.88. The van der Waals surface area contributed by atoms with Crippen LogP contribution in [-0.2, 0) is 0 Å². The summed E-state index contributed by atoms with van der Waals surface area (Å²) in [6.07, 6.45) is 9.43. The van der Waals surface area contributed by atoms with Crippen LogP contribution in [-0.4, -0.2) is 40.3 Å². The van der Waals surface area contributed by atoms with Crippen LogP contribution in [0.25, 0.3) is 0 Å². The van der Waals surface area contributed by atoms with Crippen LogP contribution < -0.4 is 10.2 Å². The first-order valence-corrected chi connectivity index (χ1v) is 8.68. The second-order valence-electron chi connectivity index (χ2n) is 7.09. The SMILES string of the molecule is CC1CCCN(c2cc(NCC3(O)CCCCC3)ncn2)C1. The zero-order valence-corrected chi connectivity index (χ0v) is 13.6. The molecule has 0 bridgehead atoms. The molecule has 5 nitrogen and oxygen atoms in total. The summed E-state index contributed by atoms with van der Waals surface area (Å²) in [5, 5.41) is 13.9. The monoisotopic (exact) mass is 304 g/mol. The number of aliphatic hydroxyl groups is 1. The molecule has 1 aromatic rings. The van der Waals surface area contributed by atoms with Crippen molar-refractivity contribution in [2.75, 3.05) is 29.9 Å². The lowest BCUT2D eigenvalue weighted by Crippen LogP contribution is -2.39. The number of anilines is 2. The van der Waals surface area contributed by atoms with Gasteiger partial charge in [-0.1, -0.05) is 26.2 Å². The Kier molecular flexibility index (Phi) is 4.81. The molecule has 0 radical (unpaired) electrons. The molecule has 5 heteroatoms. The van der Waals surface area contributed by atoms with Crippen molar-refractivity contribution in [2.45, 2.75) is 57.5 Å². The van der Waals surface area contributed by atoms with E-state index in [9.17, 15) is 5.11 Å². The van der Waals surface area contributed by atoms with Crippen LogP contribution in [0.3, 0.4) is 0 Å². The van der Waals surface area contributed by atoms with Crippen molar-refractivity contribution in [3.8, 4) is 0 Å². The Morgan fingerprint density at radius 3 is 2.86 bits per heavy atom. The van der Waals surface area contributed by atoms with E-state index in [1.165, 1.54) is 19.3 Å². The first-order chi connectivity index (χ1) is 10.6. The molecule has 1 saturated carbocycles. The van der Waals surface area contributed by atoms with E-state index in [-0.39, 0.29) is 0 Å². The number of aromatic nitrogens is 2. The number of nitrogens with zero attached hydrogens (tertiary/aromatic N) is 3. The van der Waals surface area contributed by atoms with E-state index in [0.29, 0.717) is 6.54 Å². The van der Waals surface area contributed by atoms with Gasteiger partial charge in [-0.2, -0.15) is 0 Å². The highest BCUT2D eigenvalue weighted by atomic mass is 16.3. The van der Waals surface area contributed by atoms with Crippen molar-refractivity contribution in [1.82, 2.24) is 9.97 Å². The predicted octanol–water partition coefficient (Wildman–Crippen LogP) is 2.82. The Hall–Kier alpha value is -1.36. The van der Waals surface area contributed by atoms with Gasteiger partial charge >= 0.3 is 0 Å². The average molecular weight is 304 g/mol. The van der Waals surface area contributed by atoms with Gasteiger partial charge in [-0.25, -0.2) is 9.97 Å². The molecule has 2 N–H and O–H groups in total. The minimum atomic E-state index is -0.566. The standard InChI is InChI=1S/C17H28N4O/c1-14-6-5-9-21(11-14)16-10-15(19-13-20-16)18-12-17(22)7-3-2-4-8-17/h10,13-14,22H,2-9,11-12H2,1H3,(H,18,19,20). The molecule has 1 saturated heterocycles. The van der Waals surface area contributed by atoms with E-state index in [1.54, 1.807) is 6.33 Å². The molecule has 2 aliphatic rings. The summed E-state index contributed by atoms with van der Waals surface area (Å²) in [6, 6.07) is 2.02. The van der Waals surface area contributed by atoms with Crippen LogP contribution in [0.1, 0.15) is 51.9 Å². The number of rotatable bonds is 4. The van der Waals surface area contributed by atoms with E-state index in [4.69, 9.17) is 0 Å². The van der Waals surface area contributed by atoms with E-state index >= 15 is 0 Å². The van der Waals surface area contributed by atoms with Gasteiger partial charge in [-0.3, -0.25) is 0 Å². The van der Waals surface area contributed by atoms with E-state index in [0.717, 1.165) is 56.3 Å². The van der Waals surface area contributed by atoms with Crippen molar-refractivity contribution in [3.63, 3.8) is 0 Å². The fourth-order valence-electron chi connectivity index (χ4n) is 3.66. The van der Waals surface area contributed by atoms with Gasteiger partial charge in [0.2, 0.25) is 0 Å². The summed E-state index contributed by atoms with van der Waals surface area (Å²) >= 11 is 0. The highest BCUT2D eigenvalue weighted by Crippen LogP contribution is 2.28. The number of nitrogens with one attached hydrogen (secondary N) is 1. The minimum absolute atomic E-state index is 0.566. The topological polar surface area (TPSA) is 61.3 Å². The first-order valence-electron chi connectivity index (χ1n) is 8.68. The Morgan fingerprint density at radius 1 is 1.27 bits per heavy atom. The molecule has 1 aliphatic carbocycles. The Balaban J connectivity index is 1.61. The molecule has 3 rings (SSSR count). The van der Waals surface area contributed by atoms with Crippen LogP contribution in [0.15, 0.2) is 12.4 Å². The van der Waals surface area contributed by atoms with Gasteiger partial charge in [0.25, 0.3) is 0 Å². The lowest BCUT2D eigenvalue weighted by molar-refractivity contribution is 0.0166. The Labute approximate surface area is 133 Å². The summed E-state index contributed by atoms with van der Waals surface area (Å²) in [7, 11) is 0. The van der Waals surface area contributed by atoms with Gasteiger partial charge in [-0.15, -0.1) is 0 Å². The molecule has 0 aromatic carbocycles.